The summed E-state index contributed by atoms with van der Waals surface area (Å²) in [6, 6.07) is 5.60. The number of hydrogen-bond donors (Lipinski definition) is 1. The highest BCUT2D eigenvalue weighted by molar-refractivity contribution is 5.90. The molecule has 3 nitrogen and oxygen atoms in total. The number of carbonyl (C=O) groups excluding carboxylic acids is 1. The van der Waals surface area contributed by atoms with E-state index in [9.17, 15) is 4.79 Å². The minimum atomic E-state index is 0.0213. The molecular formula is C14H16N2O. The average Bonchev–Trinajstić information content (AvgIpc) is 2.30. The van der Waals surface area contributed by atoms with Gasteiger partial charge in [0.15, 0.2) is 0 Å². The monoisotopic (exact) mass is 228 g/mol. The first kappa shape index (κ1) is 11.6. The van der Waals surface area contributed by atoms with Crippen LogP contribution in [0.1, 0.15) is 18.5 Å². The zero-order valence-corrected chi connectivity index (χ0v) is 9.89. The molecule has 1 amide bonds. The maximum absolute atomic E-state index is 11.8. The topological polar surface area (TPSA) is 42.0 Å². The average molecular weight is 228 g/mol. The number of amides is 1. The van der Waals surface area contributed by atoms with Gasteiger partial charge in [0.05, 0.1) is 0 Å². The molecule has 1 aliphatic carbocycles. The lowest BCUT2D eigenvalue weighted by Crippen LogP contribution is -2.16. The van der Waals surface area contributed by atoms with Crippen molar-refractivity contribution in [2.24, 2.45) is 5.92 Å². The van der Waals surface area contributed by atoms with Crippen molar-refractivity contribution >= 4 is 11.7 Å². The van der Waals surface area contributed by atoms with Gasteiger partial charge >= 0.3 is 0 Å². The molecule has 1 aliphatic rings. The molecule has 1 heterocycles. The highest BCUT2D eigenvalue weighted by Gasteiger charge is 2.11. The van der Waals surface area contributed by atoms with Crippen LogP contribution in [0.15, 0.2) is 42.5 Å². The van der Waals surface area contributed by atoms with Gasteiger partial charge in [-0.1, -0.05) is 30.4 Å². The molecule has 0 saturated heterocycles. The summed E-state index contributed by atoms with van der Waals surface area (Å²) in [6.45, 7) is 1.91. The van der Waals surface area contributed by atoms with Crippen LogP contribution < -0.4 is 5.32 Å². The zero-order chi connectivity index (χ0) is 12.1. The Morgan fingerprint density at radius 3 is 3.06 bits per heavy atom. The first-order valence-corrected chi connectivity index (χ1v) is 5.81. The standard InChI is InChI=1S/C14H16N2O/c1-11-6-5-9-13(15-11)16-14(17)10-12-7-3-2-4-8-12/h2-7,9,12H,8,10H2,1H3,(H,15,16,17)/t12-/m1/s1. The lowest BCUT2D eigenvalue weighted by molar-refractivity contribution is -0.116. The molecule has 0 bridgehead atoms. The van der Waals surface area contributed by atoms with Crippen molar-refractivity contribution in [3.05, 3.63) is 48.2 Å². The number of rotatable bonds is 3. The van der Waals surface area contributed by atoms with E-state index in [2.05, 4.69) is 22.5 Å². The fraction of sp³-hybridized carbons (Fsp3) is 0.286. The minimum absolute atomic E-state index is 0.0213. The second-order valence-corrected chi connectivity index (χ2v) is 4.23. The van der Waals surface area contributed by atoms with E-state index in [1.54, 1.807) is 0 Å². The van der Waals surface area contributed by atoms with Crippen LogP contribution in [-0.2, 0) is 4.79 Å². The van der Waals surface area contributed by atoms with E-state index < -0.39 is 0 Å². The smallest absolute Gasteiger partial charge is 0.226 e. The van der Waals surface area contributed by atoms with Crippen molar-refractivity contribution < 1.29 is 4.79 Å². The molecule has 0 aliphatic heterocycles. The van der Waals surface area contributed by atoms with Gasteiger partial charge in [0.2, 0.25) is 5.91 Å². The molecule has 1 aromatic rings. The van der Waals surface area contributed by atoms with Crippen molar-refractivity contribution in [1.29, 1.82) is 0 Å². The molecule has 1 N–H and O–H groups in total. The summed E-state index contributed by atoms with van der Waals surface area (Å²) in [4.78, 5) is 16.0. The summed E-state index contributed by atoms with van der Waals surface area (Å²) >= 11 is 0. The molecule has 0 fully saturated rings. The summed E-state index contributed by atoms with van der Waals surface area (Å²) in [5, 5.41) is 2.82. The third-order valence-electron chi connectivity index (χ3n) is 2.67. The van der Waals surface area contributed by atoms with E-state index in [-0.39, 0.29) is 5.91 Å². The van der Waals surface area contributed by atoms with Crippen molar-refractivity contribution in [2.75, 3.05) is 5.32 Å². The van der Waals surface area contributed by atoms with Gasteiger partial charge in [-0.2, -0.15) is 0 Å². The minimum Gasteiger partial charge on any atom is -0.311 e. The predicted molar refractivity (Wildman–Crippen MR) is 68.6 cm³/mol. The Balaban J connectivity index is 1.89. The second kappa shape index (κ2) is 5.43. The number of hydrogen-bond acceptors (Lipinski definition) is 2. The molecule has 0 radical (unpaired) electrons. The van der Waals surface area contributed by atoms with Gasteiger partial charge in [-0.3, -0.25) is 4.79 Å². The largest absolute Gasteiger partial charge is 0.311 e. The number of nitrogens with one attached hydrogen (secondary N) is 1. The molecule has 0 aromatic carbocycles. The van der Waals surface area contributed by atoms with Crippen LogP contribution in [0.4, 0.5) is 5.82 Å². The molecular weight excluding hydrogens is 212 g/mol. The summed E-state index contributed by atoms with van der Waals surface area (Å²) in [6.07, 6.45) is 9.61. The first-order chi connectivity index (χ1) is 8.24. The number of allylic oxidation sites excluding steroid dienone is 4. The van der Waals surface area contributed by atoms with Crippen molar-refractivity contribution in [3.8, 4) is 0 Å². The highest BCUT2D eigenvalue weighted by Crippen LogP contribution is 2.16. The van der Waals surface area contributed by atoms with Gasteiger partial charge in [0.1, 0.15) is 5.82 Å². The maximum Gasteiger partial charge on any atom is 0.226 e. The predicted octanol–water partition coefficient (Wildman–Crippen LogP) is 2.85. The first-order valence-electron chi connectivity index (χ1n) is 5.81. The van der Waals surface area contributed by atoms with Crippen LogP contribution in [0.5, 0.6) is 0 Å². The Morgan fingerprint density at radius 1 is 1.47 bits per heavy atom. The summed E-state index contributed by atoms with van der Waals surface area (Å²) in [5.74, 6) is 0.961. The van der Waals surface area contributed by atoms with E-state index in [0.29, 0.717) is 18.2 Å². The summed E-state index contributed by atoms with van der Waals surface area (Å²) in [5.41, 5.74) is 0.906. The van der Waals surface area contributed by atoms with E-state index in [1.165, 1.54) is 0 Å². The lowest BCUT2D eigenvalue weighted by atomic mass is 9.97. The SMILES string of the molecule is Cc1cccc(NC(=O)C[C@@H]2C=CC=CC2)n1. The van der Waals surface area contributed by atoms with Crippen LogP contribution in [-0.4, -0.2) is 10.9 Å². The molecule has 3 heteroatoms. The molecule has 0 spiro atoms. The highest BCUT2D eigenvalue weighted by atomic mass is 16.1. The molecule has 1 atom stereocenters. The molecule has 2 rings (SSSR count). The van der Waals surface area contributed by atoms with Crippen molar-refractivity contribution in [1.82, 2.24) is 4.98 Å². The Labute approximate surface area is 101 Å². The normalized spacial score (nSPS) is 18.1. The van der Waals surface area contributed by atoms with Crippen molar-refractivity contribution in [3.63, 3.8) is 0 Å². The van der Waals surface area contributed by atoms with E-state index in [1.807, 2.05) is 37.3 Å². The van der Waals surface area contributed by atoms with Crippen LogP contribution in [0.3, 0.4) is 0 Å². The van der Waals surface area contributed by atoms with Gasteiger partial charge in [-0.25, -0.2) is 4.98 Å². The summed E-state index contributed by atoms with van der Waals surface area (Å²) in [7, 11) is 0. The molecule has 0 saturated carbocycles. The van der Waals surface area contributed by atoms with E-state index in [4.69, 9.17) is 0 Å². The fourth-order valence-electron chi connectivity index (χ4n) is 1.83. The Bertz CT molecular complexity index is 463. The molecule has 0 unspecified atom stereocenters. The third-order valence-corrected chi connectivity index (χ3v) is 2.67. The second-order valence-electron chi connectivity index (χ2n) is 4.23. The molecule has 1 aromatic heterocycles. The summed E-state index contributed by atoms with van der Waals surface area (Å²) < 4.78 is 0. The van der Waals surface area contributed by atoms with Gasteiger partial charge in [0, 0.05) is 12.1 Å². The van der Waals surface area contributed by atoms with Crippen LogP contribution in [0.2, 0.25) is 0 Å². The van der Waals surface area contributed by atoms with E-state index >= 15 is 0 Å². The number of aryl methyl sites for hydroxylation is 1. The van der Waals surface area contributed by atoms with E-state index in [0.717, 1.165) is 12.1 Å². The van der Waals surface area contributed by atoms with Crippen LogP contribution in [0.25, 0.3) is 0 Å². The molecule has 17 heavy (non-hydrogen) atoms. The number of anilines is 1. The zero-order valence-electron chi connectivity index (χ0n) is 9.89. The Hall–Kier alpha value is -1.90. The van der Waals surface area contributed by atoms with Gasteiger partial charge in [-0.15, -0.1) is 0 Å². The van der Waals surface area contributed by atoms with Crippen LogP contribution >= 0.6 is 0 Å². The quantitative estimate of drug-likeness (QED) is 0.864. The number of aromatic nitrogens is 1. The van der Waals surface area contributed by atoms with Gasteiger partial charge in [0.25, 0.3) is 0 Å². The maximum atomic E-state index is 11.8. The molecule has 88 valence electrons. The number of nitrogens with zero attached hydrogens (tertiary/aromatic N) is 1. The number of pyridine rings is 1. The van der Waals surface area contributed by atoms with Crippen LogP contribution in [0, 0.1) is 12.8 Å². The third kappa shape index (κ3) is 3.55. The Kier molecular flexibility index (Phi) is 3.70. The Morgan fingerprint density at radius 2 is 2.35 bits per heavy atom. The van der Waals surface area contributed by atoms with Gasteiger partial charge in [-0.05, 0) is 31.4 Å². The lowest BCUT2D eigenvalue weighted by Gasteiger charge is -2.12. The van der Waals surface area contributed by atoms with Gasteiger partial charge < -0.3 is 5.32 Å². The van der Waals surface area contributed by atoms with Crippen molar-refractivity contribution in [2.45, 2.75) is 19.8 Å². The fourth-order valence-corrected chi connectivity index (χ4v) is 1.83. The number of carbonyl (C=O) groups is 1.